The Kier molecular flexibility index (Phi) is 6.13. The average molecular weight is 557 g/mol. The number of nitrogens with zero attached hydrogens (tertiary/aromatic N) is 3. The van der Waals surface area contributed by atoms with Crippen LogP contribution in [0.1, 0.15) is 36.0 Å². The van der Waals surface area contributed by atoms with Crippen LogP contribution in [0.5, 0.6) is 11.5 Å². The molecule has 2 unspecified atom stereocenters. The molecular formula is C31H33FN6O3. The van der Waals surface area contributed by atoms with Crippen molar-refractivity contribution in [2.45, 2.75) is 37.8 Å². The molecule has 3 aromatic carbocycles. The molecular weight excluding hydrogens is 523 g/mol. The molecule has 1 aromatic heterocycles. The third-order valence-corrected chi connectivity index (χ3v) is 8.87. The number of likely N-dealkylation sites (tertiary alicyclic amines) is 1. The molecule has 2 fully saturated rings. The van der Waals surface area contributed by atoms with E-state index in [2.05, 4.69) is 17.3 Å². The lowest BCUT2D eigenvalue weighted by Gasteiger charge is -2.30. The van der Waals surface area contributed by atoms with Crippen molar-refractivity contribution in [3.63, 3.8) is 0 Å². The lowest BCUT2D eigenvalue weighted by atomic mass is 10.0. The van der Waals surface area contributed by atoms with Crippen LogP contribution in [0.4, 0.5) is 15.8 Å². The smallest absolute Gasteiger partial charge is 0.256 e. The van der Waals surface area contributed by atoms with Gasteiger partial charge in [-0.15, -0.1) is 0 Å². The lowest BCUT2D eigenvalue weighted by Crippen LogP contribution is -2.34. The van der Waals surface area contributed by atoms with Crippen LogP contribution in [0, 0.1) is 5.82 Å². The van der Waals surface area contributed by atoms with E-state index in [1.54, 1.807) is 4.57 Å². The maximum absolute atomic E-state index is 16.1. The monoisotopic (exact) mass is 556 g/mol. The number of fused-ring (bicyclic) bond motifs is 3. The molecule has 10 heteroatoms. The number of hydrogen-bond donors (Lipinski definition) is 3. The number of aromatic nitrogens is 1. The highest BCUT2D eigenvalue weighted by molar-refractivity contribution is 6.06. The molecule has 2 atom stereocenters. The van der Waals surface area contributed by atoms with Gasteiger partial charge in [0.25, 0.3) is 5.91 Å². The summed E-state index contributed by atoms with van der Waals surface area (Å²) in [7, 11) is 2.09. The van der Waals surface area contributed by atoms with E-state index in [4.69, 9.17) is 16.2 Å². The predicted octanol–water partition coefficient (Wildman–Crippen LogP) is 3.72. The minimum atomic E-state index is -0.740. The van der Waals surface area contributed by atoms with Gasteiger partial charge in [0, 0.05) is 37.9 Å². The molecule has 9 nitrogen and oxygen atoms in total. The molecule has 41 heavy (non-hydrogen) atoms. The molecule has 212 valence electrons. The van der Waals surface area contributed by atoms with Crippen LogP contribution in [0.3, 0.4) is 0 Å². The number of nitrogens with two attached hydrogens (primary N) is 2. The molecule has 0 spiro atoms. The van der Waals surface area contributed by atoms with Crippen molar-refractivity contribution in [1.82, 2.24) is 14.8 Å². The minimum Gasteiger partial charge on any atom is -0.451 e. The quantitative estimate of drug-likeness (QED) is 0.282. The van der Waals surface area contributed by atoms with Crippen LogP contribution < -0.4 is 31.8 Å². The first kappa shape index (κ1) is 25.8. The second kappa shape index (κ2) is 9.74. The summed E-state index contributed by atoms with van der Waals surface area (Å²) in [5.74, 6) is -0.551. The van der Waals surface area contributed by atoms with Crippen molar-refractivity contribution in [1.29, 1.82) is 0 Å². The van der Waals surface area contributed by atoms with Crippen molar-refractivity contribution >= 4 is 39.0 Å². The van der Waals surface area contributed by atoms with Gasteiger partial charge in [-0.05, 0) is 62.2 Å². The molecule has 3 aliphatic rings. The van der Waals surface area contributed by atoms with Gasteiger partial charge in [-0.2, -0.15) is 0 Å². The molecule has 4 heterocycles. The van der Waals surface area contributed by atoms with Gasteiger partial charge in [-0.3, -0.25) is 9.59 Å². The van der Waals surface area contributed by atoms with Crippen LogP contribution >= 0.6 is 0 Å². The summed E-state index contributed by atoms with van der Waals surface area (Å²) in [4.78, 5) is 31.4. The van der Waals surface area contributed by atoms with Gasteiger partial charge in [0.15, 0.2) is 17.3 Å². The van der Waals surface area contributed by atoms with Crippen molar-refractivity contribution in [3.05, 3.63) is 64.2 Å². The molecule has 0 saturated carbocycles. The Bertz CT molecular complexity index is 1790. The number of pyridine rings is 1. The number of benzene rings is 3. The number of anilines is 2. The minimum absolute atomic E-state index is 0.0632. The molecule has 3 aliphatic heterocycles. The molecule has 1 amide bonds. The van der Waals surface area contributed by atoms with Crippen molar-refractivity contribution in [2.75, 3.05) is 43.9 Å². The molecule has 0 radical (unpaired) electrons. The van der Waals surface area contributed by atoms with Gasteiger partial charge in [-0.1, -0.05) is 24.3 Å². The zero-order valence-electron chi connectivity index (χ0n) is 23.0. The number of halogens is 1. The number of nitrogen functional groups attached to an aromatic ring is 1. The zero-order chi connectivity index (χ0) is 28.4. The van der Waals surface area contributed by atoms with Gasteiger partial charge >= 0.3 is 0 Å². The summed E-state index contributed by atoms with van der Waals surface area (Å²) >= 11 is 0. The van der Waals surface area contributed by atoms with E-state index in [-0.39, 0.29) is 34.1 Å². The number of amides is 1. The van der Waals surface area contributed by atoms with Crippen molar-refractivity contribution < 1.29 is 13.9 Å². The first-order chi connectivity index (χ1) is 19.8. The van der Waals surface area contributed by atoms with Crippen molar-refractivity contribution in [3.8, 4) is 17.2 Å². The summed E-state index contributed by atoms with van der Waals surface area (Å²) in [6, 6.07) is 12.0. The van der Waals surface area contributed by atoms with Gasteiger partial charge in [0.05, 0.1) is 16.8 Å². The number of hydrogen-bond acceptors (Lipinski definition) is 7. The van der Waals surface area contributed by atoms with E-state index in [1.807, 2.05) is 41.3 Å². The summed E-state index contributed by atoms with van der Waals surface area (Å²) in [6.45, 7) is 2.44. The number of rotatable bonds is 5. The Balaban J connectivity index is 1.41. The Morgan fingerprint density at radius 3 is 2.66 bits per heavy atom. The SMILES string of the molecule is CN1CCCC1CCNC(=O)c1cn2c3c(c(N4CCC(N)C4)c(F)c(N)c3c1=O)Oc1cc3ccccc3cc1-2. The van der Waals surface area contributed by atoms with Crippen LogP contribution in [0.25, 0.3) is 27.4 Å². The Hall–Kier alpha value is -4.15. The normalized spacial score (nSPS) is 20.0. The maximum atomic E-state index is 16.1. The highest BCUT2D eigenvalue weighted by atomic mass is 19.1. The number of carbonyl (C=O) groups is 1. The highest BCUT2D eigenvalue weighted by Gasteiger charge is 2.35. The molecule has 2 saturated heterocycles. The van der Waals surface area contributed by atoms with Gasteiger partial charge < -0.3 is 35.9 Å². The summed E-state index contributed by atoms with van der Waals surface area (Å²) < 4.78 is 24.3. The number of carbonyl (C=O) groups excluding carboxylic acids is 1. The van der Waals surface area contributed by atoms with E-state index >= 15 is 4.39 Å². The second-order valence-electron chi connectivity index (χ2n) is 11.5. The van der Waals surface area contributed by atoms with E-state index in [1.165, 1.54) is 6.20 Å². The Morgan fingerprint density at radius 1 is 1.17 bits per heavy atom. The van der Waals surface area contributed by atoms with Gasteiger partial charge in [0.1, 0.15) is 16.8 Å². The Morgan fingerprint density at radius 2 is 1.95 bits per heavy atom. The summed E-state index contributed by atoms with van der Waals surface area (Å²) in [5, 5.41) is 4.76. The molecule has 7 rings (SSSR count). The Labute approximate surface area is 236 Å². The van der Waals surface area contributed by atoms with E-state index < -0.39 is 17.2 Å². The predicted molar refractivity (Wildman–Crippen MR) is 159 cm³/mol. The fraction of sp³-hybridized carbons (Fsp3) is 0.355. The van der Waals surface area contributed by atoms with E-state index in [0.717, 1.165) is 36.6 Å². The molecule has 4 aromatic rings. The first-order valence-corrected chi connectivity index (χ1v) is 14.2. The van der Waals surface area contributed by atoms with Crippen molar-refractivity contribution in [2.24, 2.45) is 5.73 Å². The number of ether oxygens (including phenoxy) is 1. The zero-order valence-corrected chi connectivity index (χ0v) is 23.0. The summed E-state index contributed by atoms with van der Waals surface area (Å²) in [5.41, 5.74) is 12.7. The lowest BCUT2D eigenvalue weighted by molar-refractivity contribution is 0.0949. The summed E-state index contributed by atoms with van der Waals surface area (Å²) in [6.07, 6.45) is 5.25. The first-order valence-electron chi connectivity index (χ1n) is 14.2. The van der Waals surface area contributed by atoms with Crippen LogP contribution in [-0.2, 0) is 0 Å². The molecule has 0 bridgehead atoms. The van der Waals surface area contributed by atoms with E-state index in [9.17, 15) is 9.59 Å². The topological polar surface area (TPSA) is 119 Å². The fourth-order valence-electron chi connectivity index (χ4n) is 6.64. The second-order valence-corrected chi connectivity index (χ2v) is 11.5. The fourth-order valence-corrected chi connectivity index (χ4v) is 6.64. The third kappa shape index (κ3) is 4.12. The highest BCUT2D eigenvalue weighted by Crippen LogP contribution is 2.50. The average Bonchev–Trinajstić information content (AvgIpc) is 3.58. The van der Waals surface area contributed by atoms with Crippen LogP contribution in [0.15, 0.2) is 47.4 Å². The van der Waals surface area contributed by atoms with E-state index in [0.29, 0.717) is 49.1 Å². The molecule has 0 aliphatic carbocycles. The maximum Gasteiger partial charge on any atom is 0.256 e. The van der Waals surface area contributed by atoms with Gasteiger partial charge in [-0.25, -0.2) is 4.39 Å². The van der Waals surface area contributed by atoms with Gasteiger partial charge in [0.2, 0.25) is 5.43 Å². The largest absolute Gasteiger partial charge is 0.451 e. The third-order valence-electron chi connectivity index (χ3n) is 8.87. The standard InChI is InChI=1S/C31H33FN6O3/c1-36-11-4-7-20(36)8-10-35-31(40)21-16-38-22-13-17-5-2-3-6-18(17)14-23(22)41-30-27(38)24(29(21)39)26(34)25(32)28(30)37-12-9-19(33)15-37/h2-3,5-6,13-14,16,19-20H,4,7-12,15,33-34H2,1H3,(H,35,40). The molecule has 5 N–H and O–H groups in total. The van der Waals surface area contributed by atoms with Crippen LogP contribution in [0.2, 0.25) is 0 Å². The van der Waals surface area contributed by atoms with Crippen LogP contribution in [-0.4, -0.2) is 60.7 Å². The number of nitrogens with one attached hydrogen (secondary N) is 1.